The molecule has 0 unspecified atom stereocenters. The Hall–Kier alpha value is -2.65. The molecule has 0 aromatic heterocycles. The van der Waals surface area contributed by atoms with E-state index >= 15 is 0 Å². The lowest BCUT2D eigenvalue weighted by Gasteiger charge is -2.12. The minimum Gasteiger partial charge on any atom is -0.457 e. The van der Waals surface area contributed by atoms with E-state index in [2.05, 4.69) is 0 Å². The van der Waals surface area contributed by atoms with Crippen molar-refractivity contribution in [3.05, 3.63) is 95.8 Å². The van der Waals surface area contributed by atoms with Crippen molar-refractivity contribution in [2.45, 2.75) is 6.10 Å². The summed E-state index contributed by atoms with van der Waals surface area (Å²) in [5.41, 5.74) is 1.38. The summed E-state index contributed by atoms with van der Waals surface area (Å²) in [6.45, 7) is 0. The number of hydrogen-bond acceptors (Lipinski definition) is 2. The standard InChI is InChI=1S/C19H15FO2/c20-16-10-6-14(7-11-16)19(21)15-8-12-18(13-9-15)22-17-4-2-1-3-5-17/h1-13,19,21H/t19-/m0/s1. The molecule has 0 fully saturated rings. The molecule has 0 aliphatic carbocycles. The van der Waals surface area contributed by atoms with Crippen LogP contribution in [0, 0.1) is 5.82 Å². The summed E-state index contributed by atoms with van der Waals surface area (Å²) in [6.07, 6.45) is -0.786. The maximum atomic E-state index is 12.9. The molecule has 1 atom stereocenters. The SMILES string of the molecule is O[C@@H](c1ccc(F)cc1)c1ccc(Oc2ccccc2)cc1. The van der Waals surface area contributed by atoms with Gasteiger partial charge in [-0.2, -0.15) is 0 Å². The normalized spacial score (nSPS) is 11.9. The molecular weight excluding hydrogens is 279 g/mol. The Morgan fingerprint density at radius 3 is 1.77 bits per heavy atom. The molecule has 3 rings (SSSR count). The Kier molecular flexibility index (Phi) is 4.17. The van der Waals surface area contributed by atoms with Crippen molar-refractivity contribution in [1.82, 2.24) is 0 Å². The molecule has 3 heteroatoms. The molecule has 3 aromatic rings. The van der Waals surface area contributed by atoms with Gasteiger partial charge in [-0.15, -0.1) is 0 Å². The Morgan fingerprint density at radius 2 is 1.18 bits per heavy atom. The molecule has 0 amide bonds. The van der Waals surface area contributed by atoms with Gasteiger partial charge in [-0.1, -0.05) is 42.5 Å². The number of benzene rings is 3. The fourth-order valence-corrected chi connectivity index (χ4v) is 2.18. The van der Waals surface area contributed by atoms with Crippen LogP contribution in [-0.4, -0.2) is 5.11 Å². The summed E-state index contributed by atoms with van der Waals surface area (Å²) in [6, 6.07) is 22.5. The molecule has 110 valence electrons. The second kappa shape index (κ2) is 6.41. The Balaban J connectivity index is 1.75. The highest BCUT2D eigenvalue weighted by Gasteiger charge is 2.10. The van der Waals surface area contributed by atoms with Crippen molar-refractivity contribution in [2.24, 2.45) is 0 Å². The zero-order valence-corrected chi connectivity index (χ0v) is 11.8. The second-order valence-corrected chi connectivity index (χ2v) is 4.94. The smallest absolute Gasteiger partial charge is 0.127 e. The fraction of sp³-hybridized carbons (Fsp3) is 0.0526. The molecule has 1 N–H and O–H groups in total. The van der Waals surface area contributed by atoms with E-state index in [0.717, 1.165) is 11.3 Å². The topological polar surface area (TPSA) is 29.5 Å². The highest BCUT2D eigenvalue weighted by atomic mass is 19.1. The molecule has 0 radical (unpaired) electrons. The largest absolute Gasteiger partial charge is 0.457 e. The van der Waals surface area contributed by atoms with E-state index in [1.165, 1.54) is 12.1 Å². The summed E-state index contributed by atoms with van der Waals surface area (Å²) in [4.78, 5) is 0. The number of para-hydroxylation sites is 1. The van der Waals surface area contributed by atoms with Crippen molar-refractivity contribution in [2.75, 3.05) is 0 Å². The van der Waals surface area contributed by atoms with E-state index in [4.69, 9.17) is 4.74 Å². The maximum absolute atomic E-state index is 12.9. The number of rotatable bonds is 4. The minimum absolute atomic E-state index is 0.317. The van der Waals surface area contributed by atoms with Gasteiger partial charge in [0.05, 0.1) is 0 Å². The van der Waals surface area contributed by atoms with Gasteiger partial charge in [-0.05, 0) is 47.5 Å². The third kappa shape index (κ3) is 3.32. The van der Waals surface area contributed by atoms with Gasteiger partial charge in [0.2, 0.25) is 0 Å². The molecule has 0 saturated heterocycles. The van der Waals surface area contributed by atoms with Gasteiger partial charge < -0.3 is 9.84 Å². The predicted molar refractivity (Wildman–Crippen MR) is 83.4 cm³/mol. The molecule has 0 aliphatic rings. The van der Waals surface area contributed by atoms with Crippen LogP contribution in [0.4, 0.5) is 4.39 Å². The molecule has 2 nitrogen and oxygen atoms in total. The molecule has 0 heterocycles. The number of hydrogen-bond donors (Lipinski definition) is 1. The van der Waals surface area contributed by atoms with Crippen LogP contribution in [0.5, 0.6) is 11.5 Å². The van der Waals surface area contributed by atoms with Gasteiger partial charge in [-0.3, -0.25) is 0 Å². The maximum Gasteiger partial charge on any atom is 0.127 e. The molecule has 3 aromatic carbocycles. The van der Waals surface area contributed by atoms with Crippen LogP contribution in [0.3, 0.4) is 0 Å². The van der Waals surface area contributed by atoms with Crippen LogP contribution < -0.4 is 4.74 Å². The first-order valence-electron chi connectivity index (χ1n) is 6.99. The monoisotopic (exact) mass is 294 g/mol. The van der Waals surface area contributed by atoms with Gasteiger partial charge >= 0.3 is 0 Å². The molecular formula is C19H15FO2. The van der Waals surface area contributed by atoms with Gasteiger partial charge in [0.15, 0.2) is 0 Å². The van der Waals surface area contributed by atoms with E-state index in [0.29, 0.717) is 11.3 Å². The summed E-state index contributed by atoms with van der Waals surface area (Å²) < 4.78 is 18.6. The Bertz CT molecular complexity index is 722. The lowest BCUT2D eigenvalue weighted by atomic mass is 10.0. The number of aliphatic hydroxyl groups excluding tert-OH is 1. The van der Waals surface area contributed by atoms with Crippen LogP contribution in [-0.2, 0) is 0 Å². The molecule has 0 bridgehead atoms. The highest BCUT2D eigenvalue weighted by Crippen LogP contribution is 2.26. The van der Waals surface area contributed by atoms with Crippen LogP contribution in [0.25, 0.3) is 0 Å². The minimum atomic E-state index is -0.786. The van der Waals surface area contributed by atoms with E-state index in [1.807, 2.05) is 30.3 Å². The molecule has 0 saturated carbocycles. The van der Waals surface area contributed by atoms with Crippen molar-refractivity contribution in [3.63, 3.8) is 0 Å². The van der Waals surface area contributed by atoms with E-state index in [1.54, 1.807) is 36.4 Å². The summed E-state index contributed by atoms with van der Waals surface area (Å²) in [5.74, 6) is 1.14. The second-order valence-electron chi connectivity index (χ2n) is 4.94. The third-order valence-corrected chi connectivity index (χ3v) is 3.36. The zero-order valence-electron chi connectivity index (χ0n) is 11.8. The van der Waals surface area contributed by atoms with Crippen molar-refractivity contribution in [3.8, 4) is 11.5 Å². The number of halogens is 1. The van der Waals surface area contributed by atoms with Crippen LogP contribution >= 0.6 is 0 Å². The average Bonchev–Trinajstić information content (AvgIpc) is 2.57. The Labute approximate surface area is 128 Å². The van der Waals surface area contributed by atoms with Gasteiger partial charge in [0.25, 0.3) is 0 Å². The first-order valence-corrected chi connectivity index (χ1v) is 6.99. The Morgan fingerprint density at radius 1 is 0.682 bits per heavy atom. The predicted octanol–water partition coefficient (Wildman–Crippen LogP) is 4.70. The summed E-state index contributed by atoms with van der Waals surface area (Å²) >= 11 is 0. The van der Waals surface area contributed by atoms with E-state index < -0.39 is 6.10 Å². The van der Waals surface area contributed by atoms with Crippen LogP contribution in [0.15, 0.2) is 78.9 Å². The number of aliphatic hydroxyl groups is 1. The van der Waals surface area contributed by atoms with Crippen molar-refractivity contribution >= 4 is 0 Å². The molecule has 0 aliphatic heterocycles. The first kappa shape index (κ1) is 14.3. The lowest BCUT2D eigenvalue weighted by Crippen LogP contribution is -1.99. The van der Waals surface area contributed by atoms with Gasteiger partial charge in [0, 0.05) is 0 Å². The quantitative estimate of drug-likeness (QED) is 0.755. The molecule has 0 spiro atoms. The highest BCUT2D eigenvalue weighted by molar-refractivity contribution is 5.36. The van der Waals surface area contributed by atoms with Crippen molar-refractivity contribution in [1.29, 1.82) is 0 Å². The fourth-order valence-electron chi connectivity index (χ4n) is 2.18. The van der Waals surface area contributed by atoms with Gasteiger partial charge in [-0.25, -0.2) is 4.39 Å². The van der Waals surface area contributed by atoms with Crippen LogP contribution in [0.1, 0.15) is 17.2 Å². The van der Waals surface area contributed by atoms with Crippen molar-refractivity contribution < 1.29 is 14.2 Å². The third-order valence-electron chi connectivity index (χ3n) is 3.36. The average molecular weight is 294 g/mol. The first-order chi connectivity index (χ1) is 10.7. The zero-order chi connectivity index (χ0) is 15.4. The summed E-state index contributed by atoms with van der Waals surface area (Å²) in [7, 11) is 0. The summed E-state index contributed by atoms with van der Waals surface area (Å²) in [5, 5.41) is 10.3. The number of ether oxygens (including phenoxy) is 1. The molecule has 22 heavy (non-hydrogen) atoms. The van der Waals surface area contributed by atoms with E-state index in [9.17, 15) is 9.50 Å². The van der Waals surface area contributed by atoms with Gasteiger partial charge in [0.1, 0.15) is 23.4 Å². The van der Waals surface area contributed by atoms with E-state index in [-0.39, 0.29) is 5.82 Å². The lowest BCUT2D eigenvalue weighted by molar-refractivity contribution is 0.220. The van der Waals surface area contributed by atoms with Crippen LogP contribution in [0.2, 0.25) is 0 Å².